The largest absolute Gasteiger partial charge is 0.481 e. The van der Waals surface area contributed by atoms with Crippen molar-refractivity contribution in [3.8, 4) is 0 Å². The van der Waals surface area contributed by atoms with Crippen molar-refractivity contribution in [1.29, 1.82) is 0 Å². The minimum Gasteiger partial charge on any atom is -0.481 e. The van der Waals surface area contributed by atoms with Crippen LogP contribution in [-0.4, -0.2) is 36.0 Å². The van der Waals surface area contributed by atoms with Crippen LogP contribution in [0.25, 0.3) is 0 Å². The smallest absolute Gasteiger partial charge is 0.303 e. The summed E-state index contributed by atoms with van der Waals surface area (Å²) in [5.41, 5.74) is 0. The third-order valence-corrected chi connectivity index (χ3v) is 2.93. The van der Waals surface area contributed by atoms with Crippen molar-refractivity contribution in [1.82, 2.24) is 0 Å². The van der Waals surface area contributed by atoms with E-state index in [0.717, 1.165) is 19.4 Å². The minimum atomic E-state index is -0.738. The fraction of sp³-hybridized carbons (Fsp3) is 0.750. The van der Waals surface area contributed by atoms with Gasteiger partial charge in [0.15, 0.2) is 0 Å². The zero-order valence-electron chi connectivity index (χ0n) is 9.47. The van der Waals surface area contributed by atoms with Gasteiger partial charge in [0.05, 0.1) is 13.2 Å². The molecule has 0 saturated carbocycles. The second-order valence-electron chi connectivity index (χ2n) is 4.23. The Morgan fingerprint density at radius 1 is 1.31 bits per heavy atom. The van der Waals surface area contributed by atoms with Crippen LogP contribution in [0.15, 0.2) is 12.2 Å². The molecule has 4 nitrogen and oxygen atoms in total. The van der Waals surface area contributed by atoms with E-state index < -0.39 is 5.97 Å². The molecule has 0 radical (unpaired) electrons. The summed E-state index contributed by atoms with van der Waals surface area (Å²) < 4.78 is 5.30. The minimum absolute atomic E-state index is 0.192. The summed E-state index contributed by atoms with van der Waals surface area (Å²) in [6, 6.07) is 0. The zero-order chi connectivity index (χ0) is 11.8. The van der Waals surface area contributed by atoms with Crippen LogP contribution in [0.3, 0.4) is 0 Å². The molecule has 0 aromatic rings. The number of carboxylic acid groups (broad SMARTS) is 1. The second kappa shape index (κ2) is 7.41. The first-order chi connectivity index (χ1) is 7.74. The van der Waals surface area contributed by atoms with Gasteiger partial charge in [0.2, 0.25) is 0 Å². The predicted octanol–water partition coefficient (Wildman–Crippen LogP) is 1.44. The van der Waals surface area contributed by atoms with Gasteiger partial charge in [0.1, 0.15) is 0 Å². The van der Waals surface area contributed by atoms with Crippen LogP contribution in [0.2, 0.25) is 0 Å². The van der Waals surface area contributed by atoms with Crippen molar-refractivity contribution in [3.05, 3.63) is 12.2 Å². The fourth-order valence-corrected chi connectivity index (χ4v) is 1.87. The normalized spacial score (nSPS) is 25.3. The number of rotatable bonds is 7. The van der Waals surface area contributed by atoms with Gasteiger partial charge in [-0.2, -0.15) is 0 Å². The Labute approximate surface area is 95.9 Å². The monoisotopic (exact) mass is 228 g/mol. The van der Waals surface area contributed by atoms with Crippen molar-refractivity contribution in [2.45, 2.75) is 25.7 Å². The molecule has 1 heterocycles. The van der Waals surface area contributed by atoms with E-state index >= 15 is 0 Å². The summed E-state index contributed by atoms with van der Waals surface area (Å²) in [6.45, 7) is 1.58. The average molecular weight is 228 g/mol. The Balaban J connectivity index is 2.09. The molecule has 2 atom stereocenters. The van der Waals surface area contributed by atoms with Crippen LogP contribution < -0.4 is 0 Å². The molecule has 1 aliphatic heterocycles. The zero-order valence-corrected chi connectivity index (χ0v) is 9.47. The lowest BCUT2D eigenvalue weighted by Gasteiger charge is -2.11. The Morgan fingerprint density at radius 3 is 2.75 bits per heavy atom. The highest BCUT2D eigenvalue weighted by molar-refractivity contribution is 5.66. The van der Waals surface area contributed by atoms with Crippen LogP contribution >= 0.6 is 0 Å². The number of aliphatic hydroxyl groups excluding tert-OH is 1. The third-order valence-electron chi connectivity index (χ3n) is 2.93. The molecule has 0 amide bonds. The molecule has 92 valence electrons. The molecule has 0 spiro atoms. The fourth-order valence-electron chi connectivity index (χ4n) is 1.87. The number of hydrogen-bond donors (Lipinski definition) is 2. The number of aliphatic carboxylic acids is 1. The molecule has 0 aromatic heterocycles. The van der Waals surface area contributed by atoms with Gasteiger partial charge in [-0.3, -0.25) is 4.79 Å². The SMILES string of the molecule is O=C(O)CCC/C=C\C[C@H]1COC[C@@H]1CO. The van der Waals surface area contributed by atoms with E-state index in [1.807, 2.05) is 6.08 Å². The summed E-state index contributed by atoms with van der Waals surface area (Å²) in [5, 5.41) is 17.5. The number of carboxylic acids is 1. The summed E-state index contributed by atoms with van der Waals surface area (Å²) in [6.07, 6.45) is 6.74. The Kier molecular flexibility index (Phi) is 6.11. The van der Waals surface area contributed by atoms with Crippen LogP contribution in [0, 0.1) is 11.8 Å². The van der Waals surface area contributed by atoms with Crippen molar-refractivity contribution in [2.75, 3.05) is 19.8 Å². The summed E-state index contributed by atoms with van der Waals surface area (Å²) >= 11 is 0. The van der Waals surface area contributed by atoms with Gasteiger partial charge < -0.3 is 14.9 Å². The Bertz CT molecular complexity index is 237. The van der Waals surface area contributed by atoms with Gasteiger partial charge in [-0.25, -0.2) is 0 Å². The molecule has 4 heteroatoms. The lowest BCUT2D eigenvalue weighted by Crippen LogP contribution is -2.15. The first-order valence-electron chi connectivity index (χ1n) is 5.79. The maximum Gasteiger partial charge on any atom is 0.303 e. The molecule has 1 fully saturated rings. The molecule has 1 aliphatic rings. The van der Waals surface area contributed by atoms with Gasteiger partial charge >= 0.3 is 5.97 Å². The standard InChI is InChI=1S/C12H20O4/c13-7-11-9-16-8-10(11)5-3-1-2-4-6-12(14)15/h1,3,10-11,13H,2,4-9H2,(H,14,15)/b3-1-/t10-,11-/m0/s1. The molecule has 1 saturated heterocycles. The maximum absolute atomic E-state index is 10.3. The number of hydrogen-bond acceptors (Lipinski definition) is 3. The van der Waals surface area contributed by atoms with Gasteiger partial charge in [-0.1, -0.05) is 12.2 Å². The predicted molar refractivity (Wildman–Crippen MR) is 60.1 cm³/mol. The van der Waals surface area contributed by atoms with E-state index in [-0.39, 0.29) is 18.9 Å². The van der Waals surface area contributed by atoms with Crippen molar-refractivity contribution >= 4 is 5.97 Å². The molecular weight excluding hydrogens is 208 g/mol. The van der Waals surface area contributed by atoms with E-state index in [2.05, 4.69) is 6.08 Å². The maximum atomic E-state index is 10.3. The van der Waals surface area contributed by atoms with E-state index in [1.54, 1.807) is 0 Å². The topological polar surface area (TPSA) is 66.8 Å². The van der Waals surface area contributed by atoms with Gasteiger partial charge in [-0.05, 0) is 25.2 Å². The van der Waals surface area contributed by atoms with Gasteiger partial charge in [0, 0.05) is 18.9 Å². The van der Waals surface area contributed by atoms with E-state index in [4.69, 9.17) is 14.9 Å². The first kappa shape index (κ1) is 13.2. The third kappa shape index (κ3) is 4.77. The van der Waals surface area contributed by atoms with Crippen LogP contribution in [0.1, 0.15) is 25.7 Å². The molecule has 16 heavy (non-hydrogen) atoms. The molecule has 0 unspecified atom stereocenters. The molecule has 2 N–H and O–H groups in total. The molecule has 0 aliphatic carbocycles. The first-order valence-corrected chi connectivity index (χ1v) is 5.79. The summed E-state index contributed by atoms with van der Waals surface area (Å²) in [7, 11) is 0. The van der Waals surface area contributed by atoms with Crippen LogP contribution in [-0.2, 0) is 9.53 Å². The molecule has 1 rings (SSSR count). The summed E-state index contributed by atoms with van der Waals surface area (Å²) in [4.78, 5) is 10.3. The molecule has 0 aromatic carbocycles. The highest BCUT2D eigenvalue weighted by atomic mass is 16.5. The van der Waals surface area contributed by atoms with Crippen molar-refractivity contribution in [2.24, 2.45) is 11.8 Å². The number of carbonyl (C=O) groups is 1. The van der Waals surface area contributed by atoms with E-state index in [9.17, 15) is 4.79 Å². The van der Waals surface area contributed by atoms with Crippen molar-refractivity contribution < 1.29 is 19.7 Å². The van der Waals surface area contributed by atoms with Crippen LogP contribution in [0.5, 0.6) is 0 Å². The van der Waals surface area contributed by atoms with Gasteiger partial charge in [-0.15, -0.1) is 0 Å². The highest BCUT2D eigenvalue weighted by Crippen LogP contribution is 2.23. The number of allylic oxidation sites excluding steroid dienone is 2. The van der Waals surface area contributed by atoms with Gasteiger partial charge in [0.25, 0.3) is 0 Å². The molecular formula is C12H20O4. The molecule has 0 bridgehead atoms. The lowest BCUT2D eigenvalue weighted by molar-refractivity contribution is -0.137. The lowest BCUT2D eigenvalue weighted by atomic mass is 9.93. The highest BCUT2D eigenvalue weighted by Gasteiger charge is 2.26. The van der Waals surface area contributed by atoms with E-state index in [1.165, 1.54) is 0 Å². The summed E-state index contributed by atoms with van der Waals surface area (Å²) in [5.74, 6) is -0.0534. The van der Waals surface area contributed by atoms with E-state index in [0.29, 0.717) is 18.9 Å². The number of ether oxygens (including phenoxy) is 1. The quantitative estimate of drug-likeness (QED) is 0.511. The Morgan fingerprint density at radius 2 is 2.06 bits per heavy atom. The van der Waals surface area contributed by atoms with Crippen molar-refractivity contribution in [3.63, 3.8) is 0 Å². The number of aliphatic hydroxyl groups is 1. The van der Waals surface area contributed by atoms with Crippen LogP contribution in [0.4, 0.5) is 0 Å². The second-order valence-corrected chi connectivity index (χ2v) is 4.23. The number of unbranched alkanes of at least 4 members (excludes halogenated alkanes) is 1. The Hall–Kier alpha value is -0.870. The average Bonchev–Trinajstić information content (AvgIpc) is 2.70.